The van der Waals surface area contributed by atoms with E-state index in [0.717, 1.165) is 14.7 Å². The number of fused-ring (bicyclic) bond motifs is 1. The topological polar surface area (TPSA) is 68.5 Å². The van der Waals surface area contributed by atoms with Gasteiger partial charge >= 0.3 is 0 Å². The van der Waals surface area contributed by atoms with E-state index in [1.54, 1.807) is 0 Å². The molecule has 1 amide bonds. The van der Waals surface area contributed by atoms with Crippen molar-refractivity contribution in [3.63, 3.8) is 0 Å². The van der Waals surface area contributed by atoms with E-state index >= 15 is 0 Å². The average molecular weight is 502 g/mol. The number of rotatable bonds is 6. The lowest BCUT2D eigenvalue weighted by Crippen LogP contribution is -2.16. The molecule has 0 atom stereocenters. The van der Waals surface area contributed by atoms with E-state index in [9.17, 15) is 13.2 Å². The first-order chi connectivity index (χ1) is 13.3. The number of amides is 1. The van der Waals surface area contributed by atoms with Gasteiger partial charge in [-0.25, -0.2) is 8.42 Å². The molecule has 3 rings (SSSR count). The van der Waals surface area contributed by atoms with Gasteiger partial charge in [-0.1, -0.05) is 29.0 Å². The third kappa shape index (κ3) is 4.74. The van der Waals surface area contributed by atoms with Crippen molar-refractivity contribution in [2.75, 3.05) is 5.75 Å². The number of benzene rings is 2. The first-order valence-electron chi connectivity index (χ1n) is 8.65. The van der Waals surface area contributed by atoms with Crippen molar-refractivity contribution in [3.8, 4) is 0 Å². The number of hydrogen-bond acceptors (Lipinski definition) is 4. The van der Waals surface area contributed by atoms with Crippen LogP contribution in [0.15, 0.2) is 56.8 Å². The fourth-order valence-electron chi connectivity index (χ4n) is 2.80. The van der Waals surface area contributed by atoms with Crippen LogP contribution in [-0.2, 0) is 21.2 Å². The van der Waals surface area contributed by atoms with Gasteiger partial charge < -0.3 is 4.57 Å². The zero-order valence-corrected chi connectivity index (χ0v) is 19.0. The van der Waals surface area contributed by atoms with Crippen LogP contribution in [0.5, 0.6) is 0 Å². The van der Waals surface area contributed by atoms with Crippen molar-refractivity contribution in [2.45, 2.75) is 31.2 Å². The highest BCUT2D eigenvalue weighted by molar-refractivity contribution is 9.10. The van der Waals surface area contributed by atoms with Gasteiger partial charge in [0.05, 0.1) is 20.9 Å². The van der Waals surface area contributed by atoms with Crippen LogP contribution in [0.4, 0.5) is 0 Å². The first kappa shape index (κ1) is 21.2. The number of sulfone groups is 1. The molecular weight excluding hydrogens is 484 g/mol. The number of thiazole rings is 1. The van der Waals surface area contributed by atoms with Gasteiger partial charge in [0.15, 0.2) is 14.6 Å². The number of halogens is 2. The Morgan fingerprint density at radius 3 is 2.61 bits per heavy atom. The molecule has 3 aromatic rings. The van der Waals surface area contributed by atoms with Crippen LogP contribution in [-0.4, -0.2) is 24.6 Å². The lowest BCUT2D eigenvalue weighted by molar-refractivity contribution is -0.118. The summed E-state index contributed by atoms with van der Waals surface area (Å²) >= 11 is 10.8. The first-order valence-corrected chi connectivity index (χ1v) is 12.3. The van der Waals surface area contributed by atoms with Crippen molar-refractivity contribution in [1.29, 1.82) is 0 Å². The van der Waals surface area contributed by atoms with E-state index in [0.29, 0.717) is 16.4 Å². The zero-order valence-electron chi connectivity index (χ0n) is 15.1. The summed E-state index contributed by atoms with van der Waals surface area (Å²) < 4.78 is 28.7. The molecule has 0 saturated carbocycles. The highest BCUT2D eigenvalue weighted by Gasteiger charge is 2.15. The molecule has 0 aliphatic heterocycles. The molecule has 148 valence electrons. The predicted octanol–water partition coefficient (Wildman–Crippen LogP) is 4.82. The number of nitrogens with zero attached hydrogens (tertiary/aromatic N) is 2. The van der Waals surface area contributed by atoms with Crippen LogP contribution in [0.3, 0.4) is 0 Å². The molecule has 0 bridgehead atoms. The minimum atomic E-state index is -3.45. The van der Waals surface area contributed by atoms with Crippen LogP contribution in [0.2, 0.25) is 5.02 Å². The van der Waals surface area contributed by atoms with E-state index in [1.165, 1.54) is 35.6 Å². The minimum Gasteiger partial charge on any atom is -0.316 e. The lowest BCUT2D eigenvalue weighted by atomic mass is 10.3. The van der Waals surface area contributed by atoms with Crippen molar-refractivity contribution >= 4 is 64.8 Å². The summed E-state index contributed by atoms with van der Waals surface area (Å²) in [6.45, 7) is 2.67. The molecule has 0 radical (unpaired) electrons. The van der Waals surface area contributed by atoms with Gasteiger partial charge in [0, 0.05) is 22.5 Å². The fraction of sp³-hybridized carbons (Fsp3) is 0.263. The Labute approximate surface area is 180 Å². The van der Waals surface area contributed by atoms with Gasteiger partial charge in [-0.3, -0.25) is 4.79 Å². The number of aromatic nitrogens is 1. The molecule has 0 N–H and O–H groups in total. The summed E-state index contributed by atoms with van der Waals surface area (Å²) in [5, 5.41) is 0.479. The summed E-state index contributed by atoms with van der Waals surface area (Å²) in [5.41, 5.74) is 1.01. The monoisotopic (exact) mass is 500 g/mol. The normalized spacial score (nSPS) is 12.6. The molecule has 28 heavy (non-hydrogen) atoms. The van der Waals surface area contributed by atoms with E-state index in [-0.39, 0.29) is 29.4 Å². The second-order valence-corrected chi connectivity index (χ2v) is 10.5. The average Bonchev–Trinajstić information content (AvgIpc) is 3.00. The molecule has 1 heterocycles. The minimum absolute atomic E-state index is 0.0753. The van der Waals surface area contributed by atoms with Gasteiger partial charge in [0.1, 0.15) is 0 Å². The Bertz CT molecular complexity index is 1180. The Morgan fingerprint density at radius 1 is 1.21 bits per heavy atom. The molecule has 0 aliphatic carbocycles. The SMILES string of the molecule is CCn1c(=NC(=O)CCCS(=O)(=O)c2ccc(Cl)cc2)sc2cccc(Br)c21. The quantitative estimate of drug-likeness (QED) is 0.486. The Balaban J connectivity index is 1.73. The van der Waals surface area contributed by atoms with Crippen LogP contribution >= 0.6 is 38.9 Å². The Kier molecular flexibility index (Phi) is 6.75. The highest BCUT2D eigenvalue weighted by Crippen LogP contribution is 2.25. The molecule has 0 aliphatic rings. The lowest BCUT2D eigenvalue weighted by Gasteiger charge is -2.04. The summed E-state index contributed by atoms with van der Waals surface area (Å²) in [6.07, 6.45) is 0.292. The van der Waals surface area contributed by atoms with Crippen molar-refractivity contribution < 1.29 is 13.2 Å². The van der Waals surface area contributed by atoms with Crippen LogP contribution in [0.25, 0.3) is 10.2 Å². The molecule has 0 fully saturated rings. The summed E-state index contributed by atoms with van der Waals surface area (Å²) in [7, 11) is -3.45. The standard InChI is InChI=1S/C19H18BrClN2O3S2/c1-2-23-18-15(20)5-3-6-16(18)27-19(23)22-17(24)7-4-12-28(25,26)14-10-8-13(21)9-11-14/h3,5-6,8-11H,2,4,7,12H2,1H3. The van der Waals surface area contributed by atoms with Gasteiger partial charge in [-0.05, 0) is 65.7 Å². The maximum atomic E-state index is 12.3. The maximum absolute atomic E-state index is 12.3. The molecular formula is C19H18BrClN2O3S2. The van der Waals surface area contributed by atoms with Crippen molar-refractivity contribution in [1.82, 2.24) is 4.57 Å². The molecule has 0 unspecified atom stereocenters. The van der Waals surface area contributed by atoms with Gasteiger partial charge in [-0.2, -0.15) is 4.99 Å². The van der Waals surface area contributed by atoms with Crippen LogP contribution < -0.4 is 4.80 Å². The summed E-state index contributed by atoms with van der Waals surface area (Å²) in [4.78, 5) is 17.4. The molecule has 0 saturated heterocycles. The number of para-hydroxylation sites is 1. The second kappa shape index (κ2) is 8.90. The van der Waals surface area contributed by atoms with E-state index in [1.807, 2.05) is 29.7 Å². The molecule has 0 spiro atoms. The summed E-state index contributed by atoms with van der Waals surface area (Å²) in [5.74, 6) is -0.432. The second-order valence-electron chi connectivity index (χ2n) is 6.10. The highest BCUT2D eigenvalue weighted by atomic mass is 79.9. The number of hydrogen-bond donors (Lipinski definition) is 0. The Morgan fingerprint density at radius 2 is 1.93 bits per heavy atom. The number of aryl methyl sites for hydroxylation is 1. The van der Waals surface area contributed by atoms with E-state index in [4.69, 9.17) is 11.6 Å². The third-order valence-electron chi connectivity index (χ3n) is 4.16. The van der Waals surface area contributed by atoms with Crippen molar-refractivity contribution in [3.05, 3.63) is 56.8 Å². The number of carbonyl (C=O) groups is 1. The zero-order chi connectivity index (χ0) is 20.3. The van der Waals surface area contributed by atoms with Gasteiger partial charge in [0.25, 0.3) is 0 Å². The fourth-order valence-corrected chi connectivity index (χ4v) is 6.09. The smallest absolute Gasteiger partial charge is 0.248 e. The van der Waals surface area contributed by atoms with Crippen LogP contribution in [0.1, 0.15) is 19.8 Å². The summed E-state index contributed by atoms with van der Waals surface area (Å²) in [6, 6.07) is 11.9. The molecule has 9 heteroatoms. The largest absolute Gasteiger partial charge is 0.316 e. The molecule has 1 aromatic heterocycles. The third-order valence-corrected chi connectivity index (χ3v) is 7.92. The van der Waals surface area contributed by atoms with E-state index in [2.05, 4.69) is 20.9 Å². The van der Waals surface area contributed by atoms with Gasteiger partial charge in [-0.15, -0.1) is 0 Å². The molecule has 5 nitrogen and oxygen atoms in total. The predicted molar refractivity (Wildman–Crippen MR) is 116 cm³/mol. The van der Waals surface area contributed by atoms with Crippen LogP contribution in [0, 0.1) is 0 Å². The maximum Gasteiger partial charge on any atom is 0.248 e. The number of carbonyl (C=O) groups excluding carboxylic acids is 1. The van der Waals surface area contributed by atoms with E-state index < -0.39 is 9.84 Å². The Hall–Kier alpha value is -1.48. The van der Waals surface area contributed by atoms with Gasteiger partial charge in [0.2, 0.25) is 5.91 Å². The molecule has 2 aromatic carbocycles. The van der Waals surface area contributed by atoms with Crippen molar-refractivity contribution in [2.24, 2.45) is 4.99 Å².